The number of hydrogen-bond donors (Lipinski definition) is 0. The molecule has 4 rings (SSSR count). The summed E-state index contributed by atoms with van der Waals surface area (Å²) in [7, 11) is 1.64. The number of carbonyl (C=O) groups is 1. The Kier molecular flexibility index (Phi) is 7.53. The van der Waals surface area contributed by atoms with Crippen LogP contribution in [0, 0.1) is 0 Å². The van der Waals surface area contributed by atoms with Crippen molar-refractivity contribution in [2.24, 2.45) is 0 Å². The van der Waals surface area contributed by atoms with E-state index in [1.807, 2.05) is 54.7 Å². The van der Waals surface area contributed by atoms with E-state index in [4.69, 9.17) is 9.47 Å². The molecule has 35 heavy (non-hydrogen) atoms. The minimum atomic E-state index is -0.0337. The normalized spacial score (nSPS) is 13.6. The molecule has 2 aromatic heterocycles. The predicted molar refractivity (Wildman–Crippen MR) is 138 cm³/mol. The third-order valence-electron chi connectivity index (χ3n) is 5.39. The van der Waals surface area contributed by atoms with Crippen molar-refractivity contribution in [3.05, 3.63) is 121 Å². The zero-order chi connectivity index (χ0) is 24.6. The lowest BCUT2D eigenvalue weighted by Gasteiger charge is -2.13. The van der Waals surface area contributed by atoms with Gasteiger partial charge in [0.1, 0.15) is 17.3 Å². The number of ether oxygens (including phenoxy) is 2. The van der Waals surface area contributed by atoms with E-state index in [2.05, 4.69) is 23.2 Å². The van der Waals surface area contributed by atoms with Gasteiger partial charge in [-0.2, -0.15) is 5.10 Å². The molecule has 0 saturated carbocycles. The van der Waals surface area contributed by atoms with Gasteiger partial charge in [0.2, 0.25) is 0 Å². The molecular weight excluding hydrogens is 438 g/mol. The first-order valence-electron chi connectivity index (χ1n) is 11.3. The van der Waals surface area contributed by atoms with E-state index in [9.17, 15) is 4.79 Å². The van der Waals surface area contributed by atoms with E-state index in [-0.39, 0.29) is 5.78 Å². The maximum Gasteiger partial charge on any atom is 0.181 e. The standard InChI is InChI=1S/C29H27N3O3/c1-4-5-9-21(2)35-26-14-7-11-23(19-26)28(33)15-8-12-24-20-32-29(30-24)17-16-27(31-32)22-10-6-13-25(18-22)34-3/h4-6,8-10,13-20H,1-2,7,11-12H2,3H3/b9-5-,15-8+. The average molecular weight is 466 g/mol. The van der Waals surface area contributed by atoms with Gasteiger partial charge < -0.3 is 9.47 Å². The number of carbonyl (C=O) groups excluding carboxylic acids is 1. The highest BCUT2D eigenvalue weighted by atomic mass is 16.5. The molecule has 176 valence electrons. The van der Waals surface area contributed by atoms with Crippen LogP contribution in [0.3, 0.4) is 0 Å². The monoisotopic (exact) mass is 465 g/mol. The fourth-order valence-electron chi connectivity index (χ4n) is 3.66. The lowest BCUT2D eigenvalue weighted by molar-refractivity contribution is -0.111. The Bertz CT molecular complexity index is 1390. The van der Waals surface area contributed by atoms with Crippen molar-refractivity contribution in [1.29, 1.82) is 0 Å². The van der Waals surface area contributed by atoms with Gasteiger partial charge in [0.15, 0.2) is 11.4 Å². The molecule has 0 amide bonds. The largest absolute Gasteiger partial charge is 0.497 e. The predicted octanol–water partition coefficient (Wildman–Crippen LogP) is 5.95. The molecule has 0 unspecified atom stereocenters. The number of hydrogen-bond acceptors (Lipinski definition) is 5. The second-order valence-electron chi connectivity index (χ2n) is 7.93. The van der Waals surface area contributed by atoms with Crippen molar-refractivity contribution in [3.8, 4) is 17.0 Å². The topological polar surface area (TPSA) is 65.7 Å². The van der Waals surface area contributed by atoms with Crippen molar-refractivity contribution in [2.45, 2.75) is 19.3 Å². The van der Waals surface area contributed by atoms with Crippen molar-refractivity contribution in [2.75, 3.05) is 7.11 Å². The summed E-state index contributed by atoms with van der Waals surface area (Å²) in [5, 5.41) is 4.67. The third kappa shape index (κ3) is 6.12. The number of ketones is 1. The second kappa shape index (κ2) is 11.1. The summed E-state index contributed by atoms with van der Waals surface area (Å²) < 4.78 is 12.8. The van der Waals surface area contributed by atoms with Crippen LogP contribution in [0.25, 0.3) is 16.9 Å². The van der Waals surface area contributed by atoms with Crippen LogP contribution in [0.5, 0.6) is 5.75 Å². The number of methoxy groups -OCH3 is 1. The summed E-state index contributed by atoms with van der Waals surface area (Å²) >= 11 is 0. The number of imidazole rings is 1. The van der Waals surface area contributed by atoms with Gasteiger partial charge in [0, 0.05) is 17.6 Å². The van der Waals surface area contributed by atoms with Gasteiger partial charge in [-0.05, 0) is 61.4 Å². The molecule has 0 aliphatic heterocycles. The van der Waals surface area contributed by atoms with Crippen molar-refractivity contribution < 1.29 is 14.3 Å². The number of benzene rings is 1. The van der Waals surface area contributed by atoms with E-state index >= 15 is 0 Å². The third-order valence-corrected chi connectivity index (χ3v) is 5.39. The molecule has 1 aromatic carbocycles. The molecule has 6 nitrogen and oxygen atoms in total. The van der Waals surface area contributed by atoms with Gasteiger partial charge in [-0.3, -0.25) is 4.79 Å². The molecule has 0 saturated heterocycles. The Balaban J connectivity index is 1.41. The maximum absolute atomic E-state index is 12.7. The van der Waals surface area contributed by atoms with E-state index in [1.54, 1.807) is 42.0 Å². The highest BCUT2D eigenvalue weighted by Crippen LogP contribution is 2.23. The average Bonchev–Trinajstić information content (AvgIpc) is 3.29. The fourth-order valence-corrected chi connectivity index (χ4v) is 3.66. The van der Waals surface area contributed by atoms with E-state index < -0.39 is 0 Å². The number of fused-ring (bicyclic) bond motifs is 1. The highest BCUT2D eigenvalue weighted by molar-refractivity contribution is 6.04. The molecule has 0 spiro atoms. The molecule has 3 aromatic rings. The van der Waals surface area contributed by atoms with Gasteiger partial charge in [0.25, 0.3) is 0 Å². The van der Waals surface area contributed by atoms with Crippen LogP contribution in [-0.4, -0.2) is 27.5 Å². The molecule has 0 bridgehead atoms. The Labute approximate surface area is 204 Å². The first-order chi connectivity index (χ1) is 17.1. The SMILES string of the molecule is C=C/C=C\C(=C)OC1=CCCC(C(=O)/C=C/Cc2cn3nc(-c4cccc(OC)c4)ccc3n2)=C1. The molecule has 2 heterocycles. The van der Waals surface area contributed by atoms with Crippen LogP contribution in [-0.2, 0) is 16.0 Å². The lowest BCUT2D eigenvalue weighted by atomic mass is 9.99. The van der Waals surface area contributed by atoms with Crippen molar-refractivity contribution in [3.63, 3.8) is 0 Å². The zero-order valence-electron chi connectivity index (χ0n) is 19.7. The molecule has 0 atom stereocenters. The molecule has 0 fully saturated rings. The Hall–Kier alpha value is -4.45. The quantitative estimate of drug-likeness (QED) is 0.210. The summed E-state index contributed by atoms with van der Waals surface area (Å²) in [6.45, 7) is 7.47. The number of rotatable bonds is 10. The number of nitrogens with zero attached hydrogens (tertiary/aromatic N) is 3. The molecule has 0 N–H and O–H groups in total. The minimum Gasteiger partial charge on any atom is -0.497 e. The summed E-state index contributed by atoms with van der Waals surface area (Å²) in [4.78, 5) is 17.3. The van der Waals surface area contributed by atoms with Crippen molar-refractivity contribution in [1.82, 2.24) is 14.6 Å². The van der Waals surface area contributed by atoms with Crippen LogP contribution in [0.1, 0.15) is 18.5 Å². The smallest absolute Gasteiger partial charge is 0.181 e. The van der Waals surface area contributed by atoms with Gasteiger partial charge >= 0.3 is 0 Å². The Morgan fingerprint density at radius 2 is 2.11 bits per heavy atom. The summed E-state index contributed by atoms with van der Waals surface area (Å²) in [6, 6.07) is 11.6. The Morgan fingerprint density at radius 1 is 1.23 bits per heavy atom. The molecule has 1 aliphatic carbocycles. The minimum absolute atomic E-state index is 0.0337. The lowest BCUT2D eigenvalue weighted by Crippen LogP contribution is -2.04. The van der Waals surface area contributed by atoms with E-state index in [1.165, 1.54) is 0 Å². The van der Waals surface area contributed by atoms with Gasteiger partial charge in [0.05, 0.1) is 24.7 Å². The van der Waals surface area contributed by atoms with Gasteiger partial charge in [-0.25, -0.2) is 9.50 Å². The molecule has 6 heteroatoms. The number of aromatic nitrogens is 3. The number of allylic oxidation sites excluding steroid dienone is 8. The second-order valence-corrected chi connectivity index (χ2v) is 7.93. The van der Waals surface area contributed by atoms with Gasteiger partial charge in [-0.1, -0.05) is 43.5 Å². The first-order valence-corrected chi connectivity index (χ1v) is 11.3. The summed E-state index contributed by atoms with van der Waals surface area (Å²) in [5.41, 5.74) is 4.07. The van der Waals surface area contributed by atoms with Crippen molar-refractivity contribution >= 4 is 11.4 Å². The van der Waals surface area contributed by atoms with Crippen LogP contribution in [0.2, 0.25) is 0 Å². The molecular formula is C29H27N3O3. The summed E-state index contributed by atoms with van der Waals surface area (Å²) in [5.74, 6) is 1.87. The zero-order valence-corrected chi connectivity index (χ0v) is 19.7. The van der Waals surface area contributed by atoms with Crippen LogP contribution in [0.4, 0.5) is 0 Å². The fraction of sp³-hybridized carbons (Fsp3) is 0.138. The maximum atomic E-state index is 12.7. The summed E-state index contributed by atoms with van der Waals surface area (Å²) in [6.07, 6.45) is 16.1. The van der Waals surface area contributed by atoms with E-state index in [0.29, 0.717) is 29.9 Å². The van der Waals surface area contributed by atoms with Crippen LogP contribution in [0.15, 0.2) is 115 Å². The van der Waals surface area contributed by atoms with Crippen LogP contribution >= 0.6 is 0 Å². The highest BCUT2D eigenvalue weighted by Gasteiger charge is 2.12. The van der Waals surface area contributed by atoms with E-state index in [0.717, 1.165) is 34.8 Å². The first kappa shape index (κ1) is 23.7. The molecule has 0 radical (unpaired) electrons. The molecule has 1 aliphatic rings. The Morgan fingerprint density at radius 3 is 2.94 bits per heavy atom. The van der Waals surface area contributed by atoms with Gasteiger partial charge in [-0.15, -0.1) is 0 Å². The van der Waals surface area contributed by atoms with Crippen LogP contribution < -0.4 is 4.74 Å².